The van der Waals surface area contributed by atoms with Gasteiger partial charge in [0, 0.05) is 23.5 Å². The van der Waals surface area contributed by atoms with Crippen LogP contribution in [0.3, 0.4) is 0 Å². The number of rotatable bonds is 10. The molecule has 3 rings (SSSR count). The zero-order chi connectivity index (χ0) is 23.6. The third kappa shape index (κ3) is 6.17. The molecule has 0 amide bonds. The fourth-order valence-electron chi connectivity index (χ4n) is 3.19. The fourth-order valence-corrected chi connectivity index (χ4v) is 3.19. The first-order valence-corrected chi connectivity index (χ1v) is 10.3. The summed E-state index contributed by atoms with van der Waals surface area (Å²) in [4.78, 5) is 12.3. The van der Waals surface area contributed by atoms with Crippen LogP contribution in [-0.2, 0) is 0 Å². The highest BCUT2D eigenvalue weighted by Gasteiger charge is 2.12. The van der Waals surface area contributed by atoms with Crippen LogP contribution in [0.25, 0.3) is 12.2 Å². The summed E-state index contributed by atoms with van der Waals surface area (Å²) in [6.07, 6.45) is 7.08. The summed E-state index contributed by atoms with van der Waals surface area (Å²) in [6.45, 7) is 0. The van der Waals surface area contributed by atoms with Crippen LogP contribution in [0.2, 0.25) is 0 Å². The zero-order valence-corrected chi connectivity index (χ0v) is 19.1. The Morgan fingerprint density at radius 2 is 1.42 bits per heavy atom. The van der Waals surface area contributed by atoms with E-state index in [-0.39, 0.29) is 5.78 Å². The SMILES string of the molecule is COc1ccc(C(=O)C=CNc2cccc(C=Cc3cc(OC)c(OC)c(OC)c3)c2)cc1. The first-order chi connectivity index (χ1) is 16.1. The standard InChI is InChI=1S/C27H27NO5/c1-30-23-12-10-21(11-13-23)24(29)14-15-28-22-7-5-6-19(16-22)8-9-20-17-25(31-2)27(33-4)26(18-20)32-3/h5-18,28H,1-4H3. The molecule has 6 nitrogen and oxygen atoms in total. The molecule has 0 saturated heterocycles. The maximum absolute atomic E-state index is 12.3. The lowest BCUT2D eigenvalue weighted by atomic mass is 10.1. The number of allylic oxidation sites excluding steroid dienone is 1. The Morgan fingerprint density at radius 1 is 0.758 bits per heavy atom. The number of anilines is 1. The van der Waals surface area contributed by atoms with E-state index in [1.807, 2.05) is 48.6 Å². The minimum Gasteiger partial charge on any atom is -0.497 e. The second-order valence-corrected chi connectivity index (χ2v) is 6.99. The van der Waals surface area contributed by atoms with Gasteiger partial charge in [0.2, 0.25) is 5.75 Å². The number of carbonyl (C=O) groups excluding carboxylic acids is 1. The van der Waals surface area contributed by atoms with Crippen LogP contribution in [0.5, 0.6) is 23.0 Å². The Balaban J connectivity index is 1.69. The summed E-state index contributed by atoms with van der Waals surface area (Å²) in [6, 6.07) is 18.6. The van der Waals surface area contributed by atoms with Crippen molar-refractivity contribution in [3.63, 3.8) is 0 Å². The van der Waals surface area contributed by atoms with Crippen LogP contribution in [0.4, 0.5) is 5.69 Å². The first kappa shape index (κ1) is 23.5. The van der Waals surface area contributed by atoms with Gasteiger partial charge in [0.1, 0.15) is 5.75 Å². The topological polar surface area (TPSA) is 66.0 Å². The van der Waals surface area contributed by atoms with Crippen molar-refractivity contribution in [2.45, 2.75) is 0 Å². The van der Waals surface area contributed by atoms with Gasteiger partial charge in [-0.3, -0.25) is 4.79 Å². The molecule has 0 radical (unpaired) electrons. The van der Waals surface area contributed by atoms with Gasteiger partial charge in [0.05, 0.1) is 28.4 Å². The van der Waals surface area contributed by atoms with E-state index in [1.165, 1.54) is 6.08 Å². The van der Waals surface area contributed by atoms with Gasteiger partial charge in [0.15, 0.2) is 17.3 Å². The number of hydrogen-bond donors (Lipinski definition) is 1. The van der Waals surface area contributed by atoms with E-state index in [0.717, 1.165) is 16.8 Å². The maximum Gasteiger partial charge on any atom is 0.203 e. The number of benzene rings is 3. The largest absolute Gasteiger partial charge is 0.497 e. The van der Waals surface area contributed by atoms with Crippen molar-refractivity contribution >= 4 is 23.6 Å². The number of carbonyl (C=O) groups is 1. The number of hydrogen-bond acceptors (Lipinski definition) is 6. The van der Waals surface area contributed by atoms with Crippen molar-refractivity contribution in [1.82, 2.24) is 0 Å². The third-order valence-electron chi connectivity index (χ3n) is 4.90. The third-order valence-corrected chi connectivity index (χ3v) is 4.90. The highest BCUT2D eigenvalue weighted by Crippen LogP contribution is 2.38. The lowest BCUT2D eigenvalue weighted by Crippen LogP contribution is -1.96. The summed E-state index contributed by atoms with van der Waals surface area (Å²) in [5.74, 6) is 2.37. The molecule has 0 unspecified atom stereocenters. The number of nitrogens with one attached hydrogen (secondary N) is 1. The van der Waals surface area contributed by atoms with Crippen LogP contribution < -0.4 is 24.3 Å². The van der Waals surface area contributed by atoms with Crippen molar-refractivity contribution in [2.24, 2.45) is 0 Å². The van der Waals surface area contributed by atoms with E-state index in [0.29, 0.717) is 28.6 Å². The molecule has 0 heterocycles. The van der Waals surface area contributed by atoms with Gasteiger partial charge in [-0.05, 0) is 59.7 Å². The smallest absolute Gasteiger partial charge is 0.203 e. The summed E-state index contributed by atoms with van der Waals surface area (Å²) >= 11 is 0. The van der Waals surface area contributed by atoms with Crippen LogP contribution in [0, 0.1) is 0 Å². The van der Waals surface area contributed by atoms with Crippen molar-refractivity contribution in [2.75, 3.05) is 33.8 Å². The first-order valence-electron chi connectivity index (χ1n) is 10.3. The van der Waals surface area contributed by atoms with Gasteiger partial charge in [-0.1, -0.05) is 24.3 Å². The van der Waals surface area contributed by atoms with E-state index >= 15 is 0 Å². The van der Waals surface area contributed by atoms with E-state index in [2.05, 4.69) is 5.32 Å². The Bertz CT molecular complexity index is 1120. The molecule has 0 aliphatic heterocycles. The van der Waals surface area contributed by atoms with Gasteiger partial charge in [-0.2, -0.15) is 0 Å². The molecule has 0 saturated carbocycles. The quantitative estimate of drug-likeness (QED) is 0.245. The molecule has 0 aliphatic carbocycles. The van der Waals surface area contributed by atoms with E-state index in [4.69, 9.17) is 18.9 Å². The van der Waals surface area contributed by atoms with Gasteiger partial charge >= 0.3 is 0 Å². The summed E-state index contributed by atoms with van der Waals surface area (Å²) in [5, 5.41) is 3.14. The van der Waals surface area contributed by atoms with Crippen LogP contribution >= 0.6 is 0 Å². The van der Waals surface area contributed by atoms with E-state index in [1.54, 1.807) is 58.9 Å². The molecular weight excluding hydrogens is 418 g/mol. The molecular formula is C27H27NO5. The average Bonchev–Trinajstić information content (AvgIpc) is 2.86. The number of ether oxygens (including phenoxy) is 4. The number of methoxy groups -OCH3 is 4. The molecule has 6 heteroatoms. The van der Waals surface area contributed by atoms with Crippen molar-refractivity contribution in [3.05, 3.63) is 89.6 Å². The molecule has 0 aromatic heterocycles. The summed E-state index contributed by atoms with van der Waals surface area (Å²) in [7, 11) is 6.35. The van der Waals surface area contributed by atoms with Crippen molar-refractivity contribution < 1.29 is 23.7 Å². The molecule has 3 aromatic rings. The van der Waals surface area contributed by atoms with Crippen LogP contribution in [0.1, 0.15) is 21.5 Å². The van der Waals surface area contributed by atoms with Gasteiger partial charge < -0.3 is 24.3 Å². The zero-order valence-electron chi connectivity index (χ0n) is 19.1. The summed E-state index contributed by atoms with van der Waals surface area (Å²) in [5.41, 5.74) is 3.35. The van der Waals surface area contributed by atoms with E-state index < -0.39 is 0 Å². The average molecular weight is 446 g/mol. The van der Waals surface area contributed by atoms with Gasteiger partial charge in [-0.25, -0.2) is 0 Å². The lowest BCUT2D eigenvalue weighted by Gasteiger charge is -2.12. The Morgan fingerprint density at radius 3 is 2.03 bits per heavy atom. The van der Waals surface area contributed by atoms with Gasteiger partial charge in [-0.15, -0.1) is 0 Å². The van der Waals surface area contributed by atoms with Crippen molar-refractivity contribution in [3.8, 4) is 23.0 Å². The molecule has 0 bridgehead atoms. The van der Waals surface area contributed by atoms with Crippen molar-refractivity contribution in [1.29, 1.82) is 0 Å². The molecule has 33 heavy (non-hydrogen) atoms. The highest BCUT2D eigenvalue weighted by atomic mass is 16.5. The molecule has 0 spiro atoms. The van der Waals surface area contributed by atoms with Gasteiger partial charge in [0.25, 0.3) is 0 Å². The second-order valence-electron chi connectivity index (χ2n) is 6.99. The molecule has 170 valence electrons. The van der Waals surface area contributed by atoms with E-state index in [9.17, 15) is 4.79 Å². The molecule has 1 N–H and O–H groups in total. The number of ketones is 1. The van der Waals surface area contributed by atoms with Crippen LogP contribution in [-0.4, -0.2) is 34.2 Å². The normalized spacial score (nSPS) is 10.9. The summed E-state index contributed by atoms with van der Waals surface area (Å²) < 4.78 is 21.3. The minimum atomic E-state index is -0.0939. The molecule has 3 aromatic carbocycles. The molecule has 0 atom stereocenters. The molecule has 0 aliphatic rings. The monoisotopic (exact) mass is 445 g/mol. The van der Waals surface area contributed by atoms with Crippen LogP contribution in [0.15, 0.2) is 72.9 Å². The predicted molar refractivity (Wildman–Crippen MR) is 132 cm³/mol. The Hall–Kier alpha value is -4.19. The Labute approximate surface area is 194 Å². The maximum atomic E-state index is 12.3. The lowest BCUT2D eigenvalue weighted by molar-refractivity contribution is 0.104. The highest BCUT2D eigenvalue weighted by molar-refractivity contribution is 6.04. The fraction of sp³-hybridized carbons (Fsp3) is 0.148. The predicted octanol–water partition coefficient (Wildman–Crippen LogP) is 5.70. The second kappa shape index (κ2) is 11.4. The molecule has 0 fully saturated rings. The Kier molecular flexibility index (Phi) is 8.13. The minimum absolute atomic E-state index is 0.0939.